The number of benzene rings is 2. The second-order valence-corrected chi connectivity index (χ2v) is 13.0. The van der Waals surface area contributed by atoms with E-state index in [4.69, 9.17) is 9.37 Å². The molecular weight excluding hydrogens is 745 g/mol. The van der Waals surface area contributed by atoms with Crippen molar-refractivity contribution in [2.45, 2.75) is 57.4 Å². The molecule has 1 unspecified atom stereocenters. The number of unbranched alkanes of at least 4 members (excludes halogenated alkanes) is 5. The molecule has 4 amide bonds. The number of hydrogen-bond donors (Lipinski definition) is 6. The van der Waals surface area contributed by atoms with Crippen LogP contribution in [0, 0.1) is 5.82 Å². The van der Waals surface area contributed by atoms with Crippen molar-refractivity contribution >= 4 is 62.6 Å². The molecule has 0 saturated carbocycles. The predicted molar refractivity (Wildman–Crippen MR) is 191 cm³/mol. The molecule has 0 aliphatic carbocycles. The van der Waals surface area contributed by atoms with Crippen LogP contribution in [-0.4, -0.2) is 95.3 Å². The lowest BCUT2D eigenvalue weighted by Gasteiger charge is -2.27. The monoisotopic (exact) mass is 785 g/mol. The zero-order chi connectivity index (χ0) is 36.9. The molecule has 52 heavy (non-hydrogen) atoms. The molecule has 278 valence electrons. The van der Waals surface area contributed by atoms with E-state index in [0.29, 0.717) is 50.0 Å². The Morgan fingerprint density at radius 1 is 0.981 bits per heavy atom. The van der Waals surface area contributed by atoms with Gasteiger partial charge in [-0.3, -0.25) is 40.1 Å². The largest absolute Gasteiger partial charge is 0.382 e. The van der Waals surface area contributed by atoms with E-state index in [1.807, 2.05) is 5.48 Å². The number of halogens is 2. The topological polar surface area (TPSA) is 212 Å². The molecule has 16 nitrogen and oxygen atoms in total. The summed E-state index contributed by atoms with van der Waals surface area (Å²) in [6.45, 7) is 3.57. The van der Waals surface area contributed by atoms with Crippen molar-refractivity contribution in [2.75, 3.05) is 50.0 Å². The Bertz CT molecular complexity index is 1770. The number of anilines is 2. The van der Waals surface area contributed by atoms with Gasteiger partial charge in [-0.2, -0.15) is 0 Å². The number of carbonyl (C=O) groups is 4. The molecule has 3 aromatic rings. The highest BCUT2D eigenvalue weighted by Crippen LogP contribution is 2.32. The number of carbonyl (C=O) groups excluding carboxylic acids is 4. The van der Waals surface area contributed by atoms with Gasteiger partial charge >= 0.3 is 0 Å². The van der Waals surface area contributed by atoms with Crippen molar-refractivity contribution < 1.29 is 38.1 Å². The maximum Gasteiger partial charge on any atom is 0.264 e. The molecule has 1 fully saturated rings. The van der Waals surface area contributed by atoms with E-state index in [9.17, 15) is 28.8 Å². The van der Waals surface area contributed by atoms with Crippen LogP contribution in [0.4, 0.5) is 21.6 Å². The van der Waals surface area contributed by atoms with Gasteiger partial charge in [0.1, 0.15) is 11.9 Å². The minimum atomic E-state index is -1.00. The van der Waals surface area contributed by atoms with E-state index in [1.54, 1.807) is 18.2 Å². The Morgan fingerprint density at radius 3 is 2.58 bits per heavy atom. The molecule has 6 N–H and O–H groups in total. The summed E-state index contributed by atoms with van der Waals surface area (Å²) in [5.41, 5.74) is 3.53. The molecule has 1 saturated heterocycles. The lowest BCUT2D eigenvalue weighted by Crippen LogP contribution is -2.54. The van der Waals surface area contributed by atoms with Gasteiger partial charge in [-0.25, -0.2) is 14.0 Å². The number of amidine groups is 1. The number of fused-ring (bicyclic) bond motifs is 1. The number of piperidine rings is 1. The summed E-state index contributed by atoms with van der Waals surface area (Å²) in [5.74, 6) is -2.26. The number of hydrogen-bond acceptors (Lipinski definition) is 13. The fourth-order valence-corrected chi connectivity index (χ4v) is 6.22. The summed E-state index contributed by atoms with van der Waals surface area (Å²) >= 11 is 3.11. The van der Waals surface area contributed by atoms with Crippen LogP contribution in [0.2, 0.25) is 0 Å². The molecule has 2 aliphatic rings. The Hall–Kier alpha value is -4.78. The number of amides is 4. The molecule has 0 spiro atoms. The van der Waals surface area contributed by atoms with Crippen molar-refractivity contribution in [3.8, 4) is 0 Å². The highest BCUT2D eigenvalue weighted by Gasteiger charge is 2.45. The molecule has 3 heterocycles. The van der Waals surface area contributed by atoms with Gasteiger partial charge in [-0.05, 0) is 82.4 Å². The lowest BCUT2D eigenvalue weighted by molar-refractivity contribution is -0.136. The van der Waals surface area contributed by atoms with Crippen LogP contribution < -0.4 is 26.7 Å². The van der Waals surface area contributed by atoms with Gasteiger partial charge in [-0.1, -0.05) is 31.7 Å². The highest BCUT2D eigenvalue weighted by atomic mass is 79.9. The first-order valence-corrected chi connectivity index (χ1v) is 18.0. The van der Waals surface area contributed by atoms with Gasteiger partial charge in [0.2, 0.25) is 17.6 Å². The van der Waals surface area contributed by atoms with Crippen LogP contribution in [0.5, 0.6) is 0 Å². The second-order valence-electron chi connectivity index (χ2n) is 12.1. The number of imide groups is 2. The first-order valence-electron chi connectivity index (χ1n) is 17.2. The minimum absolute atomic E-state index is 0.00850. The Kier molecular flexibility index (Phi) is 14.2. The molecule has 1 aromatic heterocycles. The fourth-order valence-electron chi connectivity index (χ4n) is 5.85. The van der Waals surface area contributed by atoms with E-state index in [0.717, 1.165) is 50.0 Å². The predicted octanol–water partition coefficient (Wildman–Crippen LogP) is 3.90. The van der Waals surface area contributed by atoms with Crippen molar-refractivity contribution in [3.63, 3.8) is 0 Å². The first-order chi connectivity index (χ1) is 25.3. The first kappa shape index (κ1) is 38.5. The van der Waals surface area contributed by atoms with Gasteiger partial charge < -0.3 is 20.7 Å². The summed E-state index contributed by atoms with van der Waals surface area (Å²) in [7, 11) is 0. The lowest BCUT2D eigenvalue weighted by atomic mass is 10.0. The molecule has 5 rings (SSSR count). The maximum absolute atomic E-state index is 13.5. The normalized spacial score (nSPS) is 15.9. The Balaban J connectivity index is 0.881. The molecule has 1 atom stereocenters. The number of ether oxygens (including phenoxy) is 1. The third-order valence-corrected chi connectivity index (χ3v) is 9.09. The van der Waals surface area contributed by atoms with E-state index in [2.05, 4.69) is 52.5 Å². The summed E-state index contributed by atoms with van der Waals surface area (Å²) in [4.78, 5) is 55.2. The molecule has 0 radical (unpaired) electrons. The molecule has 18 heteroatoms. The zero-order valence-corrected chi connectivity index (χ0v) is 30.0. The van der Waals surface area contributed by atoms with Gasteiger partial charge in [0.25, 0.3) is 11.8 Å². The number of aliphatic imine (C=N–C) groups is 1. The summed E-state index contributed by atoms with van der Waals surface area (Å²) in [5, 5.41) is 29.1. The Labute approximate surface area is 307 Å². The summed E-state index contributed by atoms with van der Waals surface area (Å²) < 4.78 is 24.3. The van der Waals surface area contributed by atoms with Crippen molar-refractivity contribution in [3.05, 3.63) is 63.5 Å². The average molecular weight is 787 g/mol. The SMILES string of the molecule is O=C1CCC(N2C(=O)c3cccc(NCCOCCCCCCCCNCCNc4nonc4C(=Nc4ccc(F)c(Br)c4)NO)c3C2=O)C(=O)N1. The second kappa shape index (κ2) is 19.2. The van der Waals surface area contributed by atoms with Crippen LogP contribution in [0.25, 0.3) is 0 Å². The Morgan fingerprint density at radius 2 is 1.79 bits per heavy atom. The highest BCUT2D eigenvalue weighted by molar-refractivity contribution is 9.10. The third-order valence-electron chi connectivity index (χ3n) is 8.48. The summed E-state index contributed by atoms with van der Waals surface area (Å²) in [6.07, 6.45) is 6.56. The van der Waals surface area contributed by atoms with E-state index in [-0.39, 0.29) is 40.0 Å². The van der Waals surface area contributed by atoms with Gasteiger partial charge in [0.15, 0.2) is 11.5 Å². The fraction of sp³-hybridized carbons (Fsp3) is 0.441. The van der Waals surface area contributed by atoms with Gasteiger partial charge in [0, 0.05) is 38.3 Å². The van der Waals surface area contributed by atoms with Crippen LogP contribution in [0.15, 0.2) is 50.5 Å². The summed E-state index contributed by atoms with van der Waals surface area (Å²) in [6, 6.07) is 8.14. The van der Waals surface area contributed by atoms with Crippen molar-refractivity contribution in [1.29, 1.82) is 0 Å². The van der Waals surface area contributed by atoms with Crippen LogP contribution in [0.3, 0.4) is 0 Å². The van der Waals surface area contributed by atoms with Gasteiger partial charge in [-0.15, -0.1) is 0 Å². The number of hydroxylamine groups is 1. The minimum Gasteiger partial charge on any atom is -0.382 e. The number of nitrogens with one attached hydrogen (secondary N) is 5. The van der Waals surface area contributed by atoms with E-state index < -0.39 is 35.5 Å². The van der Waals surface area contributed by atoms with Crippen molar-refractivity contribution in [1.82, 2.24) is 31.3 Å². The van der Waals surface area contributed by atoms with Crippen LogP contribution >= 0.6 is 15.9 Å². The number of nitrogens with zero attached hydrogens (tertiary/aromatic N) is 4. The van der Waals surface area contributed by atoms with Crippen LogP contribution in [-0.2, 0) is 14.3 Å². The van der Waals surface area contributed by atoms with Gasteiger partial charge in [0.05, 0.1) is 27.9 Å². The molecule has 2 aliphatic heterocycles. The van der Waals surface area contributed by atoms with E-state index in [1.165, 1.54) is 18.2 Å². The van der Waals surface area contributed by atoms with Crippen LogP contribution in [0.1, 0.15) is 77.8 Å². The van der Waals surface area contributed by atoms with Crippen molar-refractivity contribution in [2.24, 2.45) is 4.99 Å². The molecular formula is C34H41BrFN9O7. The van der Waals surface area contributed by atoms with E-state index >= 15 is 0 Å². The smallest absolute Gasteiger partial charge is 0.264 e. The quantitative estimate of drug-likeness (QED) is 0.0316. The average Bonchev–Trinajstić information content (AvgIpc) is 3.70. The third kappa shape index (κ3) is 9.96. The standard InChI is InChI=1S/C34H41BrFN9O7/c35-23-20-21(10-11-24(23)36)40-31(42-50)29-30(44-52-43-29)39-16-15-37-14-5-3-1-2-4-6-18-51-19-17-38-25-9-7-8-22-28(25)34(49)45(33(22)48)26-12-13-27(46)41-32(26)47/h7-11,20,26,37-38,50H,1-6,12-19H2,(H,39,44)(H,40,42)(H,41,46,47). The zero-order valence-electron chi connectivity index (χ0n) is 28.4. The molecule has 2 aromatic carbocycles. The maximum atomic E-state index is 13.5. The number of aromatic nitrogens is 2. The molecule has 0 bridgehead atoms. The number of rotatable bonds is 20.